The van der Waals surface area contributed by atoms with E-state index in [-0.39, 0.29) is 24.4 Å². The maximum Gasteiger partial charge on any atom is 0.255 e. The van der Waals surface area contributed by atoms with E-state index in [4.69, 9.17) is 16.3 Å². The van der Waals surface area contributed by atoms with Gasteiger partial charge in [-0.1, -0.05) is 29.8 Å². The molecule has 2 N–H and O–H groups in total. The number of anilines is 1. The maximum atomic E-state index is 12.9. The van der Waals surface area contributed by atoms with Gasteiger partial charge in [0, 0.05) is 17.3 Å². The van der Waals surface area contributed by atoms with E-state index in [1.165, 1.54) is 7.11 Å². The zero-order chi connectivity index (χ0) is 20.5. The number of carbonyl (C=O) groups is 3. The Labute approximate surface area is 173 Å². The molecule has 4 rings (SSSR count). The Hall–Kier alpha value is -3.06. The quantitative estimate of drug-likeness (QED) is 0.762. The fourth-order valence-electron chi connectivity index (χ4n) is 3.55. The maximum absolute atomic E-state index is 12.9. The minimum absolute atomic E-state index is 0.0842. The van der Waals surface area contributed by atoms with Gasteiger partial charge in [-0.3, -0.25) is 14.4 Å². The Balaban J connectivity index is 1.42. The van der Waals surface area contributed by atoms with Gasteiger partial charge in [0.1, 0.15) is 11.8 Å². The minimum atomic E-state index is -0.700. The zero-order valence-electron chi connectivity index (χ0n) is 15.8. The molecular weight excluding hydrogens is 394 g/mol. The number of hydrogen-bond acceptors (Lipinski definition) is 4. The molecule has 3 amide bonds. The Kier molecular flexibility index (Phi) is 5.15. The summed E-state index contributed by atoms with van der Waals surface area (Å²) in [5, 5.41) is 5.70. The van der Waals surface area contributed by atoms with Gasteiger partial charge in [0.15, 0.2) is 0 Å². The van der Waals surface area contributed by atoms with E-state index in [1.807, 2.05) is 6.07 Å². The van der Waals surface area contributed by atoms with Gasteiger partial charge in [-0.2, -0.15) is 0 Å². The van der Waals surface area contributed by atoms with Crippen molar-refractivity contribution >= 4 is 35.0 Å². The normalized spacial score (nSPS) is 17.7. The number of nitrogens with one attached hydrogen (secondary N) is 2. The second-order valence-corrected chi connectivity index (χ2v) is 7.46. The van der Waals surface area contributed by atoms with Crippen LogP contribution in [0.5, 0.6) is 5.75 Å². The highest BCUT2D eigenvalue weighted by molar-refractivity contribution is 6.32. The number of carbonyl (C=O) groups excluding carboxylic acids is 3. The monoisotopic (exact) mass is 413 g/mol. The summed E-state index contributed by atoms with van der Waals surface area (Å²) >= 11 is 6.06. The first-order chi connectivity index (χ1) is 14.0. The van der Waals surface area contributed by atoms with Crippen molar-refractivity contribution < 1.29 is 19.1 Å². The van der Waals surface area contributed by atoms with Crippen LogP contribution in [-0.4, -0.2) is 42.3 Å². The van der Waals surface area contributed by atoms with Crippen molar-refractivity contribution in [2.45, 2.75) is 24.9 Å². The number of fused-ring (bicyclic) bond motifs is 1. The number of benzene rings is 2. The lowest BCUT2D eigenvalue weighted by molar-refractivity contribution is -0.127. The topological polar surface area (TPSA) is 87.7 Å². The van der Waals surface area contributed by atoms with E-state index in [0.717, 1.165) is 12.8 Å². The Bertz CT molecular complexity index is 990. The van der Waals surface area contributed by atoms with Crippen molar-refractivity contribution in [2.24, 2.45) is 0 Å². The highest BCUT2D eigenvalue weighted by Crippen LogP contribution is 2.41. The Morgan fingerprint density at radius 2 is 1.97 bits per heavy atom. The van der Waals surface area contributed by atoms with Crippen LogP contribution in [0.25, 0.3) is 0 Å². The SMILES string of the molecule is COc1ccc(NC(=O)CNC(=O)C2c3ccccc3C(=O)N2C2CC2)cc1Cl. The number of nitrogens with zero attached hydrogens (tertiary/aromatic N) is 1. The summed E-state index contributed by atoms with van der Waals surface area (Å²) in [5.74, 6) is -0.378. The summed E-state index contributed by atoms with van der Waals surface area (Å²) in [6.45, 7) is -0.214. The third-order valence-corrected chi connectivity index (χ3v) is 5.34. The average Bonchev–Trinajstić information content (AvgIpc) is 3.50. The molecule has 1 saturated carbocycles. The minimum Gasteiger partial charge on any atom is -0.495 e. The molecule has 1 aliphatic heterocycles. The van der Waals surface area contributed by atoms with Crippen molar-refractivity contribution in [3.8, 4) is 5.75 Å². The van der Waals surface area contributed by atoms with Crippen LogP contribution >= 0.6 is 11.6 Å². The molecule has 1 fully saturated rings. The molecule has 1 heterocycles. The summed E-state index contributed by atoms with van der Waals surface area (Å²) in [6, 6.07) is 11.4. The lowest BCUT2D eigenvalue weighted by Crippen LogP contribution is -2.42. The Morgan fingerprint density at radius 1 is 1.21 bits per heavy atom. The van der Waals surface area contributed by atoms with Crippen LogP contribution < -0.4 is 15.4 Å². The number of halogens is 1. The summed E-state index contributed by atoms with van der Waals surface area (Å²) < 4.78 is 5.08. The van der Waals surface area contributed by atoms with Crippen LogP contribution in [0.4, 0.5) is 5.69 Å². The van der Waals surface area contributed by atoms with E-state index < -0.39 is 11.9 Å². The molecule has 0 aromatic heterocycles. The van der Waals surface area contributed by atoms with Gasteiger partial charge in [0.25, 0.3) is 5.91 Å². The van der Waals surface area contributed by atoms with Crippen LogP contribution in [0, 0.1) is 0 Å². The number of methoxy groups -OCH3 is 1. The molecule has 2 aromatic rings. The molecule has 0 bridgehead atoms. The third-order valence-electron chi connectivity index (χ3n) is 5.05. The molecule has 0 spiro atoms. The summed E-state index contributed by atoms with van der Waals surface area (Å²) in [6.07, 6.45) is 1.78. The predicted molar refractivity (Wildman–Crippen MR) is 108 cm³/mol. The predicted octanol–water partition coefficient (Wildman–Crippen LogP) is 2.76. The Morgan fingerprint density at radius 3 is 2.66 bits per heavy atom. The average molecular weight is 414 g/mol. The summed E-state index contributed by atoms with van der Waals surface area (Å²) in [7, 11) is 1.51. The van der Waals surface area contributed by atoms with Crippen LogP contribution in [0.15, 0.2) is 42.5 Å². The molecule has 0 saturated heterocycles. The standard InChI is InChI=1S/C21H20ClN3O4/c1-29-17-9-6-12(10-16(17)22)24-18(26)11-23-20(27)19-14-4-2-3-5-15(14)21(28)25(19)13-7-8-13/h2-6,9-10,13,19H,7-8,11H2,1H3,(H,23,27)(H,24,26). The van der Waals surface area contributed by atoms with Gasteiger partial charge < -0.3 is 20.3 Å². The smallest absolute Gasteiger partial charge is 0.255 e. The van der Waals surface area contributed by atoms with Crippen molar-refractivity contribution in [1.29, 1.82) is 0 Å². The van der Waals surface area contributed by atoms with E-state index >= 15 is 0 Å². The van der Waals surface area contributed by atoms with Gasteiger partial charge in [-0.15, -0.1) is 0 Å². The summed E-state index contributed by atoms with van der Waals surface area (Å²) in [4.78, 5) is 39.5. The lowest BCUT2D eigenvalue weighted by Gasteiger charge is -2.24. The molecule has 1 aliphatic carbocycles. The van der Waals surface area contributed by atoms with E-state index in [2.05, 4.69) is 10.6 Å². The first-order valence-electron chi connectivity index (χ1n) is 9.32. The zero-order valence-corrected chi connectivity index (χ0v) is 16.5. The van der Waals surface area contributed by atoms with Crippen LogP contribution in [0.1, 0.15) is 34.8 Å². The second-order valence-electron chi connectivity index (χ2n) is 7.05. The highest BCUT2D eigenvalue weighted by Gasteiger charge is 2.47. The molecule has 0 radical (unpaired) electrons. The highest BCUT2D eigenvalue weighted by atomic mass is 35.5. The van der Waals surface area contributed by atoms with Crippen molar-refractivity contribution in [1.82, 2.24) is 10.2 Å². The molecule has 1 unspecified atom stereocenters. The molecule has 150 valence electrons. The number of ether oxygens (including phenoxy) is 1. The van der Waals surface area contributed by atoms with Crippen molar-refractivity contribution in [3.63, 3.8) is 0 Å². The number of rotatable bonds is 6. The molecule has 1 atom stereocenters. The summed E-state index contributed by atoms with van der Waals surface area (Å²) in [5.41, 5.74) is 1.73. The van der Waals surface area contributed by atoms with Crippen LogP contribution in [0.3, 0.4) is 0 Å². The largest absolute Gasteiger partial charge is 0.495 e. The molecule has 2 aromatic carbocycles. The number of hydrogen-bond donors (Lipinski definition) is 2. The molecule has 7 nitrogen and oxygen atoms in total. The van der Waals surface area contributed by atoms with Crippen LogP contribution in [0.2, 0.25) is 5.02 Å². The van der Waals surface area contributed by atoms with E-state index in [1.54, 1.807) is 41.3 Å². The first kappa shape index (κ1) is 19.3. The molecule has 2 aliphatic rings. The van der Waals surface area contributed by atoms with E-state index in [0.29, 0.717) is 27.6 Å². The van der Waals surface area contributed by atoms with E-state index in [9.17, 15) is 14.4 Å². The fraction of sp³-hybridized carbons (Fsp3) is 0.286. The van der Waals surface area contributed by atoms with Crippen molar-refractivity contribution in [2.75, 3.05) is 19.0 Å². The van der Waals surface area contributed by atoms with Crippen LogP contribution in [-0.2, 0) is 9.59 Å². The fourth-order valence-corrected chi connectivity index (χ4v) is 3.80. The lowest BCUT2D eigenvalue weighted by atomic mass is 10.0. The van der Waals surface area contributed by atoms with Gasteiger partial charge in [-0.05, 0) is 42.7 Å². The first-order valence-corrected chi connectivity index (χ1v) is 9.70. The van der Waals surface area contributed by atoms with Gasteiger partial charge in [0.2, 0.25) is 11.8 Å². The third kappa shape index (κ3) is 3.78. The number of amides is 3. The van der Waals surface area contributed by atoms with Gasteiger partial charge in [0.05, 0.1) is 18.7 Å². The molecule has 8 heteroatoms. The second kappa shape index (κ2) is 7.75. The van der Waals surface area contributed by atoms with Crippen molar-refractivity contribution in [3.05, 3.63) is 58.6 Å². The molecular formula is C21H20ClN3O4. The molecule has 29 heavy (non-hydrogen) atoms. The van der Waals surface area contributed by atoms with Gasteiger partial charge in [-0.25, -0.2) is 0 Å². The van der Waals surface area contributed by atoms with Gasteiger partial charge >= 0.3 is 0 Å².